The maximum absolute atomic E-state index is 10.7. The predicted octanol–water partition coefficient (Wildman–Crippen LogP) is 4.19. The van der Waals surface area contributed by atoms with Crippen LogP contribution < -0.4 is 9.88 Å². The molecular weight excluding hydrogens is 386 g/mol. The van der Waals surface area contributed by atoms with Crippen molar-refractivity contribution in [2.75, 3.05) is 0 Å². The number of sulfonamides is 1. The van der Waals surface area contributed by atoms with E-state index in [1.54, 1.807) is 12.1 Å². The molecule has 3 aromatic rings. The van der Waals surface area contributed by atoms with Crippen LogP contribution in [0.1, 0.15) is 30.5 Å². The third-order valence-electron chi connectivity index (χ3n) is 4.61. The first kappa shape index (κ1) is 22.3. The molecule has 0 saturated carbocycles. The van der Waals surface area contributed by atoms with Crippen molar-refractivity contribution in [2.45, 2.75) is 31.1 Å². The van der Waals surface area contributed by atoms with Crippen molar-refractivity contribution >= 4 is 16.5 Å². The molecule has 0 fully saturated rings. The van der Waals surface area contributed by atoms with E-state index in [-0.39, 0.29) is 10.3 Å². The Hall–Kier alpha value is -2.96. The van der Waals surface area contributed by atoms with Crippen LogP contribution in [-0.2, 0) is 20.2 Å². The van der Waals surface area contributed by atoms with Crippen molar-refractivity contribution < 1.29 is 17.9 Å². The zero-order valence-electron chi connectivity index (χ0n) is 16.7. The Morgan fingerprint density at radius 1 is 0.828 bits per heavy atom. The van der Waals surface area contributed by atoms with Gasteiger partial charge >= 0.3 is 0 Å². The van der Waals surface area contributed by atoms with Crippen LogP contribution in [0.3, 0.4) is 0 Å². The highest BCUT2D eigenvalue weighted by Gasteiger charge is 2.22. The molecule has 152 valence electrons. The van der Waals surface area contributed by atoms with Gasteiger partial charge in [0.05, 0.1) is 4.90 Å². The second-order valence-electron chi connectivity index (χ2n) is 7.09. The molecule has 0 aliphatic heterocycles. The van der Waals surface area contributed by atoms with Crippen molar-refractivity contribution in [1.82, 2.24) is 0 Å². The van der Waals surface area contributed by atoms with Crippen LogP contribution in [0.4, 0.5) is 0 Å². The predicted molar refractivity (Wildman–Crippen MR) is 114 cm³/mol. The van der Waals surface area contributed by atoms with Gasteiger partial charge in [-0.2, -0.15) is 0 Å². The van der Waals surface area contributed by atoms with E-state index in [9.17, 15) is 13.2 Å². The second-order valence-corrected chi connectivity index (χ2v) is 8.65. The van der Waals surface area contributed by atoms with Crippen LogP contribution in [0.5, 0.6) is 5.75 Å². The first-order valence-electron chi connectivity index (χ1n) is 9.00. The van der Waals surface area contributed by atoms with Crippen molar-refractivity contribution in [1.29, 1.82) is 0 Å². The summed E-state index contributed by atoms with van der Waals surface area (Å²) >= 11 is 0. The summed E-state index contributed by atoms with van der Waals surface area (Å²) in [5.41, 5.74) is 3.39. The fraction of sp³-hybridized carbons (Fsp3) is 0.174. The Balaban J connectivity index is 0.000000234. The summed E-state index contributed by atoms with van der Waals surface area (Å²) in [6.07, 6.45) is 0. The first-order chi connectivity index (χ1) is 13.6. The quantitative estimate of drug-likeness (QED) is 0.638. The molecule has 0 unspecified atom stereocenters. The lowest BCUT2D eigenvalue weighted by molar-refractivity contribution is -0.120. The van der Waals surface area contributed by atoms with Crippen molar-refractivity contribution in [3.8, 4) is 5.75 Å². The number of carbonyl (C=O) groups excluding carboxylic acids is 1. The summed E-state index contributed by atoms with van der Waals surface area (Å²) in [6.45, 7) is 6.68. The third-order valence-corrected chi connectivity index (χ3v) is 5.53. The summed E-state index contributed by atoms with van der Waals surface area (Å²) < 4.78 is 26.2. The molecule has 2 N–H and O–H groups in total. The van der Waals surface area contributed by atoms with E-state index < -0.39 is 10.0 Å². The normalized spacial score (nSPS) is 11.2. The van der Waals surface area contributed by atoms with Crippen LogP contribution in [-0.4, -0.2) is 14.9 Å². The molecule has 0 atom stereocenters. The lowest BCUT2D eigenvalue weighted by Crippen LogP contribution is -2.18. The summed E-state index contributed by atoms with van der Waals surface area (Å²) in [4.78, 5) is 10.4. The van der Waals surface area contributed by atoms with Crippen molar-refractivity contribution in [2.24, 2.45) is 5.14 Å². The van der Waals surface area contributed by atoms with Gasteiger partial charge in [-0.25, -0.2) is 13.6 Å². The second kappa shape index (κ2) is 9.49. The lowest BCUT2D eigenvalue weighted by Gasteiger charge is -2.26. The van der Waals surface area contributed by atoms with E-state index in [4.69, 9.17) is 9.88 Å². The molecule has 0 saturated heterocycles. The monoisotopic (exact) mass is 411 g/mol. The van der Waals surface area contributed by atoms with Gasteiger partial charge in [-0.05, 0) is 42.3 Å². The molecule has 0 radical (unpaired) electrons. The maximum Gasteiger partial charge on any atom is 0.298 e. The average molecular weight is 412 g/mol. The van der Waals surface area contributed by atoms with E-state index in [1.165, 1.54) is 23.3 Å². The highest BCUT2D eigenvalue weighted by molar-refractivity contribution is 7.89. The molecule has 3 rings (SSSR count). The number of primary sulfonamides is 1. The van der Waals surface area contributed by atoms with Gasteiger partial charge in [0.2, 0.25) is 10.0 Å². The minimum Gasteiger partial charge on any atom is -0.429 e. The highest BCUT2D eigenvalue weighted by atomic mass is 32.2. The van der Waals surface area contributed by atoms with Crippen molar-refractivity contribution in [3.05, 3.63) is 95.6 Å². The number of carbonyl (C=O) groups is 1. The number of hydrogen-bond donors (Lipinski definition) is 1. The fourth-order valence-corrected chi connectivity index (χ4v) is 3.27. The molecule has 6 heteroatoms. The minimum atomic E-state index is -3.52. The van der Waals surface area contributed by atoms with Crippen LogP contribution in [0.15, 0.2) is 83.8 Å². The summed E-state index contributed by atoms with van der Waals surface area (Å²) in [5, 5.41) is 4.88. The molecule has 29 heavy (non-hydrogen) atoms. The van der Waals surface area contributed by atoms with Crippen LogP contribution in [0.25, 0.3) is 0 Å². The smallest absolute Gasteiger partial charge is 0.298 e. The Bertz CT molecular complexity index is 1030. The van der Waals surface area contributed by atoms with Crippen LogP contribution in [0, 0.1) is 6.92 Å². The van der Waals surface area contributed by atoms with Gasteiger partial charge in [0, 0.05) is 5.41 Å². The largest absolute Gasteiger partial charge is 0.429 e. The Morgan fingerprint density at radius 2 is 1.34 bits per heavy atom. The molecule has 0 aromatic heterocycles. The number of nitrogens with two attached hydrogens (primary N) is 1. The molecular formula is C23H25NO4S. The molecule has 3 aromatic carbocycles. The van der Waals surface area contributed by atoms with Crippen LogP contribution in [0.2, 0.25) is 0 Å². The SMILES string of the molecule is CC(C)(c1ccccc1)c1ccc(OC=O)cc1.Cc1ccc(S(N)(=O)=O)cc1. The van der Waals surface area contributed by atoms with Gasteiger partial charge in [0.25, 0.3) is 6.47 Å². The maximum atomic E-state index is 10.7. The van der Waals surface area contributed by atoms with Gasteiger partial charge in [-0.15, -0.1) is 0 Å². The topological polar surface area (TPSA) is 86.5 Å². The number of benzene rings is 3. The lowest BCUT2D eigenvalue weighted by atomic mass is 9.78. The Kier molecular flexibility index (Phi) is 7.31. The molecule has 0 bridgehead atoms. The van der Waals surface area contributed by atoms with Gasteiger partial charge in [0.1, 0.15) is 5.75 Å². The van der Waals surface area contributed by atoms with Gasteiger partial charge in [-0.1, -0.05) is 74.0 Å². The first-order valence-corrected chi connectivity index (χ1v) is 10.5. The van der Waals surface area contributed by atoms with Gasteiger partial charge in [0.15, 0.2) is 0 Å². The zero-order valence-corrected chi connectivity index (χ0v) is 17.5. The molecule has 0 heterocycles. The number of aryl methyl sites for hydroxylation is 1. The molecule has 5 nitrogen and oxygen atoms in total. The van der Waals surface area contributed by atoms with E-state index in [0.717, 1.165) is 5.56 Å². The molecule has 0 amide bonds. The highest BCUT2D eigenvalue weighted by Crippen LogP contribution is 2.32. The summed E-state index contributed by atoms with van der Waals surface area (Å²) in [5.74, 6) is 0.567. The van der Waals surface area contributed by atoms with E-state index >= 15 is 0 Å². The minimum absolute atomic E-state index is 0.0685. The zero-order chi connectivity index (χ0) is 21.5. The third kappa shape index (κ3) is 6.27. The number of rotatable bonds is 5. The molecule has 0 spiro atoms. The standard InChI is InChI=1S/C16H16O2.C7H9NO2S/c1-16(2,13-6-4-3-5-7-13)14-8-10-15(11-9-14)18-12-17;1-6-2-4-7(5-3-6)11(8,9)10/h3-12H,1-2H3;2-5H,1H3,(H2,8,9,10). The number of ether oxygens (including phenoxy) is 1. The Morgan fingerprint density at radius 3 is 1.83 bits per heavy atom. The average Bonchev–Trinajstić information content (AvgIpc) is 2.69. The molecule has 0 aliphatic rings. The van der Waals surface area contributed by atoms with Gasteiger partial charge < -0.3 is 4.74 Å². The molecule has 0 aliphatic carbocycles. The van der Waals surface area contributed by atoms with Crippen LogP contribution >= 0.6 is 0 Å². The van der Waals surface area contributed by atoms with Crippen molar-refractivity contribution in [3.63, 3.8) is 0 Å². The fourth-order valence-electron chi connectivity index (χ4n) is 2.76. The summed E-state index contributed by atoms with van der Waals surface area (Å²) in [7, 11) is -3.52. The summed E-state index contributed by atoms with van der Waals surface area (Å²) in [6, 6.07) is 24.4. The number of hydrogen-bond acceptors (Lipinski definition) is 4. The van der Waals surface area contributed by atoms with Gasteiger partial charge in [-0.3, -0.25) is 4.79 Å². The van der Waals surface area contributed by atoms with E-state index in [2.05, 4.69) is 26.0 Å². The van der Waals surface area contributed by atoms with E-state index in [1.807, 2.05) is 49.4 Å². The Labute approximate surface area is 172 Å². The van der Waals surface area contributed by atoms with E-state index in [0.29, 0.717) is 12.2 Å².